The van der Waals surface area contributed by atoms with E-state index in [2.05, 4.69) is 5.32 Å². The Morgan fingerprint density at radius 1 is 0.933 bits per heavy atom. The minimum Gasteiger partial charge on any atom is -0.384 e. The average molecular weight is 418 g/mol. The summed E-state index contributed by atoms with van der Waals surface area (Å²) in [5, 5.41) is 15.4. The summed E-state index contributed by atoms with van der Waals surface area (Å²) in [7, 11) is 0. The molecule has 150 valence electrons. The van der Waals surface area contributed by atoms with Crippen molar-refractivity contribution < 1.29 is 14.7 Å². The van der Waals surface area contributed by atoms with Crippen molar-refractivity contribution in [3.8, 4) is 0 Å². The second-order valence-corrected chi connectivity index (χ2v) is 8.49. The number of rotatable bonds is 2. The van der Waals surface area contributed by atoms with E-state index in [1.165, 1.54) is 0 Å². The molecule has 2 N–H and O–H groups in total. The van der Waals surface area contributed by atoms with Crippen molar-refractivity contribution in [2.75, 3.05) is 5.32 Å². The molecule has 1 fully saturated rings. The van der Waals surface area contributed by atoms with Crippen molar-refractivity contribution in [1.82, 2.24) is 0 Å². The van der Waals surface area contributed by atoms with Crippen LogP contribution in [-0.2, 0) is 10.4 Å². The predicted molar refractivity (Wildman–Crippen MR) is 116 cm³/mol. The van der Waals surface area contributed by atoms with Crippen LogP contribution in [-0.4, -0.2) is 16.8 Å². The molecule has 5 rings (SSSR count). The molecule has 4 atom stereocenters. The van der Waals surface area contributed by atoms with E-state index in [1.54, 1.807) is 30.3 Å². The molecular formula is C25H20ClNO3. The van der Waals surface area contributed by atoms with Gasteiger partial charge in [-0.05, 0) is 47.7 Å². The van der Waals surface area contributed by atoms with Gasteiger partial charge in [-0.2, -0.15) is 0 Å². The fourth-order valence-corrected chi connectivity index (χ4v) is 5.31. The molecule has 1 aliphatic heterocycles. The summed E-state index contributed by atoms with van der Waals surface area (Å²) < 4.78 is 0. The monoisotopic (exact) mass is 417 g/mol. The number of para-hydroxylation sites is 1. The van der Waals surface area contributed by atoms with E-state index in [0.29, 0.717) is 21.8 Å². The first-order chi connectivity index (χ1) is 14.5. The number of aliphatic hydroxyl groups is 1. The molecule has 0 aromatic heterocycles. The number of carbonyl (C=O) groups excluding carboxylic acids is 2. The summed E-state index contributed by atoms with van der Waals surface area (Å²) in [5.74, 6) is -2.43. The zero-order valence-corrected chi connectivity index (χ0v) is 16.8. The quantitative estimate of drug-likeness (QED) is 0.630. The van der Waals surface area contributed by atoms with Crippen molar-refractivity contribution >= 4 is 29.0 Å². The van der Waals surface area contributed by atoms with Gasteiger partial charge >= 0.3 is 0 Å². The molecular weight excluding hydrogens is 398 g/mol. The Morgan fingerprint density at radius 2 is 1.67 bits per heavy atom. The second kappa shape index (κ2) is 7.08. The molecule has 1 aliphatic carbocycles. The molecule has 3 aromatic rings. The smallest absolute Gasteiger partial charge is 0.231 e. The van der Waals surface area contributed by atoms with Crippen LogP contribution < -0.4 is 5.32 Å². The molecule has 4 nitrogen and oxygen atoms in total. The third-order valence-corrected chi connectivity index (χ3v) is 6.66. The highest BCUT2D eigenvalue weighted by atomic mass is 35.5. The van der Waals surface area contributed by atoms with Crippen LogP contribution in [0.25, 0.3) is 0 Å². The van der Waals surface area contributed by atoms with Gasteiger partial charge in [0, 0.05) is 16.5 Å². The molecule has 2 aliphatic rings. The molecule has 0 saturated heterocycles. The minimum atomic E-state index is -1.47. The van der Waals surface area contributed by atoms with Gasteiger partial charge in [-0.3, -0.25) is 9.59 Å². The lowest BCUT2D eigenvalue weighted by atomic mass is 9.77. The highest BCUT2D eigenvalue weighted by Gasteiger charge is 2.60. The lowest BCUT2D eigenvalue weighted by Crippen LogP contribution is -2.41. The number of carbonyl (C=O) groups is 2. The molecule has 3 aromatic carbocycles. The number of ketones is 1. The van der Waals surface area contributed by atoms with E-state index in [9.17, 15) is 14.7 Å². The van der Waals surface area contributed by atoms with Gasteiger partial charge in [0.2, 0.25) is 5.91 Å². The predicted octanol–water partition coefficient (Wildman–Crippen LogP) is 4.78. The normalized spacial score (nSPS) is 27.7. The number of amides is 1. The van der Waals surface area contributed by atoms with Gasteiger partial charge in [-0.15, -0.1) is 0 Å². The van der Waals surface area contributed by atoms with Crippen molar-refractivity contribution in [1.29, 1.82) is 0 Å². The molecule has 1 saturated carbocycles. The number of hydrogen-bond donors (Lipinski definition) is 2. The van der Waals surface area contributed by atoms with Crippen molar-refractivity contribution in [3.05, 3.63) is 101 Å². The highest BCUT2D eigenvalue weighted by Crippen LogP contribution is 2.56. The first-order valence-corrected chi connectivity index (χ1v) is 10.3. The Balaban J connectivity index is 1.72. The first kappa shape index (κ1) is 19.0. The maximum Gasteiger partial charge on any atom is 0.231 e. The molecule has 30 heavy (non-hydrogen) atoms. The van der Waals surface area contributed by atoms with Crippen LogP contribution in [0, 0.1) is 11.8 Å². The first-order valence-electron chi connectivity index (χ1n) is 9.96. The van der Waals surface area contributed by atoms with Gasteiger partial charge in [-0.1, -0.05) is 66.2 Å². The van der Waals surface area contributed by atoms with Gasteiger partial charge < -0.3 is 10.4 Å². The van der Waals surface area contributed by atoms with Crippen molar-refractivity contribution in [3.63, 3.8) is 0 Å². The molecule has 0 radical (unpaired) electrons. The molecule has 0 spiro atoms. The largest absolute Gasteiger partial charge is 0.384 e. The Morgan fingerprint density at radius 3 is 2.43 bits per heavy atom. The van der Waals surface area contributed by atoms with E-state index >= 15 is 0 Å². The fraction of sp³-hybridized carbons (Fsp3) is 0.200. The zero-order valence-electron chi connectivity index (χ0n) is 16.1. The fourth-order valence-electron chi connectivity index (χ4n) is 5.12. The van der Waals surface area contributed by atoms with E-state index < -0.39 is 17.4 Å². The average Bonchev–Trinajstić information content (AvgIpc) is 3.03. The van der Waals surface area contributed by atoms with Gasteiger partial charge in [0.05, 0.1) is 11.6 Å². The molecule has 1 amide bonds. The topological polar surface area (TPSA) is 66.4 Å². The van der Waals surface area contributed by atoms with Crippen LogP contribution in [0.2, 0.25) is 5.02 Å². The number of hydrogen-bond acceptors (Lipinski definition) is 3. The number of fused-ring (bicyclic) bond motifs is 2. The molecule has 0 bridgehead atoms. The summed E-state index contributed by atoms with van der Waals surface area (Å²) in [6.07, 6.45) is 0.258. The lowest BCUT2D eigenvalue weighted by Gasteiger charge is -2.30. The summed E-state index contributed by atoms with van der Waals surface area (Å²) in [6.45, 7) is 0. The number of anilines is 1. The van der Waals surface area contributed by atoms with E-state index in [1.807, 2.05) is 48.5 Å². The Kier molecular flexibility index (Phi) is 4.49. The standard InChI is InChI=1S/C25H20ClNO3/c26-17-10-6-7-15(13-17)19-14-25(30,16-8-2-1-3-9-16)22-21(19)23(28)18-11-4-5-12-20(18)27-24(22)29/h1-13,19,21-22,30H,14H2,(H,27,29). The van der Waals surface area contributed by atoms with Crippen LogP contribution in [0.15, 0.2) is 78.9 Å². The maximum atomic E-state index is 13.7. The Bertz CT molecular complexity index is 1150. The highest BCUT2D eigenvalue weighted by molar-refractivity contribution is 6.30. The molecule has 5 heteroatoms. The number of benzene rings is 3. The van der Waals surface area contributed by atoms with E-state index in [0.717, 1.165) is 5.56 Å². The Labute approximate surface area is 179 Å². The summed E-state index contributed by atoms with van der Waals surface area (Å²) in [5.41, 5.74) is 0.980. The van der Waals surface area contributed by atoms with Crippen LogP contribution in [0.1, 0.15) is 33.8 Å². The van der Waals surface area contributed by atoms with Crippen molar-refractivity contribution in [2.45, 2.75) is 17.9 Å². The summed E-state index contributed by atoms with van der Waals surface area (Å²) >= 11 is 6.24. The second-order valence-electron chi connectivity index (χ2n) is 8.06. The maximum absolute atomic E-state index is 13.7. The Hall–Kier alpha value is -2.95. The van der Waals surface area contributed by atoms with Gasteiger partial charge in [0.15, 0.2) is 5.78 Å². The summed E-state index contributed by atoms with van der Waals surface area (Å²) in [4.78, 5) is 27.1. The van der Waals surface area contributed by atoms with Gasteiger partial charge in [-0.25, -0.2) is 0 Å². The zero-order chi connectivity index (χ0) is 20.9. The lowest BCUT2D eigenvalue weighted by molar-refractivity contribution is -0.129. The summed E-state index contributed by atoms with van der Waals surface area (Å²) in [6, 6.07) is 23.5. The van der Waals surface area contributed by atoms with Gasteiger partial charge in [0.25, 0.3) is 0 Å². The van der Waals surface area contributed by atoms with Crippen LogP contribution >= 0.6 is 11.6 Å². The minimum absolute atomic E-state index is 0.134. The van der Waals surface area contributed by atoms with Crippen LogP contribution in [0.3, 0.4) is 0 Å². The number of Topliss-reactive ketones (excluding diaryl/α,β-unsaturated/α-hetero) is 1. The third-order valence-electron chi connectivity index (χ3n) is 6.42. The van der Waals surface area contributed by atoms with E-state index in [4.69, 9.17) is 11.6 Å². The number of nitrogens with one attached hydrogen (secondary N) is 1. The van der Waals surface area contributed by atoms with Crippen LogP contribution in [0.5, 0.6) is 0 Å². The SMILES string of the molecule is O=C1c2ccccc2NC(=O)C2C1C(c1cccc(Cl)c1)CC2(O)c1ccccc1. The molecule has 4 unspecified atom stereocenters. The third kappa shape index (κ3) is 2.87. The van der Waals surface area contributed by atoms with Crippen molar-refractivity contribution in [2.24, 2.45) is 11.8 Å². The van der Waals surface area contributed by atoms with E-state index in [-0.39, 0.29) is 24.0 Å². The molecule has 1 heterocycles. The van der Waals surface area contributed by atoms with Crippen LogP contribution in [0.4, 0.5) is 5.69 Å². The van der Waals surface area contributed by atoms with Gasteiger partial charge in [0.1, 0.15) is 5.60 Å². The number of halogens is 1.